The van der Waals surface area contributed by atoms with E-state index in [0.29, 0.717) is 35.7 Å². The van der Waals surface area contributed by atoms with Crippen molar-refractivity contribution in [3.63, 3.8) is 0 Å². The first-order valence-corrected chi connectivity index (χ1v) is 22.4. The summed E-state index contributed by atoms with van der Waals surface area (Å²) in [5.74, 6) is 2.15. The van der Waals surface area contributed by atoms with E-state index in [1.807, 2.05) is 0 Å². The molecule has 72 heavy (non-hydrogen) atoms. The molecule has 6 aromatic heterocycles. The monoisotopic (exact) mass is 1210 g/mol. The maximum atomic E-state index is 7.13. The number of hydrogen-bond acceptors (Lipinski definition) is 17. The summed E-state index contributed by atoms with van der Waals surface area (Å²) in [5, 5.41) is 28.7. The van der Waals surface area contributed by atoms with Gasteiger partial charge in [0.05, 0.1) is 44.0 Å². The van der Waals surface area contributed by atoms with Crippen LogP contribution in [0.3, 0.4) is 0 Å². The van der Waals surface area contributed by atoms with Gasteiger partial charge in [0.15, 0.2) is 17.8 Å². The van der Waals surface area contributed by atoms with Crippen LogP contribution in [0, 0.1) is 0 Å². The smallest absolute Gasteiger partial charge is 0.753 e. The minimum atomic E-state index is 0. The van der Waals surface area contributed by atoms with E-state index in [9.17, 15) is 0 Å². The largest absolute Gasteiger partial charge is 1.00 e. The molecule has 0 unspecified atom stereocenters. The van der Waals surface area contributed by atoms with Crippen molar-refractivity contribution in [3.8, 4) is 0 Å². The van der Waals surface area contributed by atoms with Gasteiger partial charge in [0.1, 0.15) is 0 Å². The second kappa shape index (κ2) is 53.3. The number of nitrogens with zero attached hydrogens (tertiary/aromatic N) is 21. The van der Waals surface area contributed by atoms with Gasteiger partial charge in [-0.15, -0.1) is 0 Å². The Hall–Kier alpha value is -5.47. The fourth-order valence-electron chi connectivity index (χ4n) is 5.19. The summed E-state index contributed by atoms with van der Waals surface area (Å²) in [4.78, 5) is 58.5. The molecule has 0 spiro atoms. The second-order valence-electron chi connectivity index (χ2n) is 13.2. The third-order valence-electron chi connectivity index (χ3n) is 8.30. The van der Waals surface area contributed by atoms with E-state index in [4.69, 9.17) is 10.8 Å². The Balaban J connectivity index is -0.000000405. The van der Waals surface area contributed by atoms with Crippen molar-refractivity contribution in [1.82, 2.24) is 59.8 Å². The van der Waals surface area contributed by atoms with E-state index in [1.165, 1.54) is 111 Å². The van der Waals surface area contributed by atoms with Crippen LogP contribution in [0.25, 0.3) is 26.8 Å². The quantitative estimate of drug-likeness (QED) is 0.0213. The SMILES string of the molecule is C(=N\c1ncccn1)/[N-]c1ncccn1.C(=N\c1ncccn1)/[N-]c1ncccn1.C(=N\c1ncccn1)/[N-]c1ncccn1.CCCC[N+](CCCC)(CCCC)CCCC.[Cu+].[Cu+].[Cu+].[Cu+].[N-]=C=S.[N-]=C=S. The Morgan fingerprint density at radius 3 is 0.764 bits per heavy atom. The molecular weight excluding hydrogens is 1150 g/mol. The number of thiocarbonyl (C=S) groups is 2. The van der Waals surface area contributed by atoms with Crippen molar-refractivity contribution in [1.29, 1.82) is 0 Å². The van der Waals surface area contributed by atoms with Crippen LogP contribution in [0.15, 0.2) is 126 Å². The zero-order chi connectivity index (χ0) is 49.4. The summed E-state index contributed by atoms with van der Waals surface area (Å²) in [5.41, 5.74) is 0. The fourth-order valence-corrected chi connectivity index (χ4v) is 5.19. The molecule has 0 radical (unpaired) electrons. The van der Waals surface area contributed by atoms with E-state index >= 15 is 0 Å². The molecule has 0 aliphatic rings. The molecular formula is C45H57Cu4N21S2. The third-order valence-corrected chi connectivity index (χ3v) is 8.30. The topological polar surface area (TPSA) is 279 Å². The first kappa shape index (κ1) is 73.1. The van der Waals surface area contributed by atoms with Crippen molar-refractivity contribution < 1.29 is 72.8 Å². The number of hydrogen-bond donors (Lipinski definition) is 0. The van der Waals surface area contributed by atoms with E-state index in [1.54, 1.807) is 111 Å². The molecule has 0 aliphatic heterocycles. The second-order valence-corrected chi connectivity index (χ2v) is 13.6. The molecule has 6 rings (SSSR count). The molecule has 27 heteroatoms. The Labute approximate surface area is 476 Å². The van der Waals surface area contributed by atoms with E-state index < -0.39 is 0 Å². The zero-order valence-electron chi connectivity index (χ0n) is 40.0. The fraction of sp³-hybridized carbons (Fsp3) is 0.356. The Bertz CT molecular complexity index is 1980. The van der Waals surface area contributed by atoms with Crippen LogP contribution in [-0.2, 0) is 68.3 Å². The predicted octanol–water partition coefficient (Wildman–Crippen LogP) is 11.2. The Morgan fingerprint density at radius 2 is 0.583 bits per heavy atom. The molecule has 0 saturated heterocycles. The standard InChI is InChI=1S/C16H36N.3C9H7N6.2CNS.4Cu/c1-5-9-13-17(14-10-6-2,15-11-7-3)16-12-8-4;3*1-3-10-8(11-4-1)14-7-15-9-12-5-2-6-13-9;2*2-1-3;;;;/h5-16H2,1-4H3;3*1-7H;;;;;;/q+1;5*-1;4*+1. The van der Waals surface area contributed by atoms with Crippen molar-refractivity contribution in [2.45, 2.75) is 79.1 Å². The Morgan fingerprint density at radius 1 is 0.403 bits per heavy atom. The van der Waals surface area contributed by atoms with Gasteiger partial charge in [-0.1, -0.05) is 77.8 Å². The van der Waals surface area contributed by atoms with Gasteiger partial charge in [0.25, 0.3) is 0 Å². The van der Waals surface area contributed by atoms with Gasteiger partial charge >= 0.3 is 68.3 Å². The predicted molar refractivity (Wildman–Crippen MR) is 277 cm³/mol. The molecule has 0 N–H and O–H groups in total. The van der Waals surface area contributed by atoms with Crippen LogP contribution in [0.5, 0.6) is 0 Å². The minimum absolute atomic E-state index is 0. The minimum Gasteiger partial charge on any atom is -0.753 e. The summed E-state index contributed by atoms with van der Waals surface area (Å²) < 4.78 is 1.42. The van der Waals surface area contributed by atoms with E-state index in [2.05, 4.69) is 143 Å². The molecule has 0 aromatic carbocycles. The van der Waals surface area contributed by atoms with E-state index in [0.717, 1.165) is 0 Å². The molecule has 6 heterocycles. The molecule has 21 nitrogen and oxygen atoms in total. The average Bonchev–Trinajstić information content (AvgIpc) is 3.39. The molecule has 0 atom stereocenters. The van der Waals surface area contributed by atoms with Crippen molar-refractivity contribution in [2.75, 3.05) is 26.2 Å². The normalized spacial score (nSPS) is 9.56. The summed E-state index contributed by atoms with van der Waals surface area (Å²) in [7, 11) is 0. The third kappa shape index (κ3) is 40.2. The molecule has 6 aromatic rings. The van der Waals surface area contributed by atoms with Crippen LogP contribution >= 0.6 is 24.4 Å². The van der Waals surface area contributed by atoms with Gasteiger partial charge in [0, 0.05) is 56.2 Å². The number of rotatable bonds is 21. The number of isothiocyanates is 2. The molecule has 0 saturated carbocycles. The van der Waals surface area contributed by atoms with Gasteiger partial charge in [-0.2, -0.15) is 10.3 Å². The van der Waals surface area contributed by atoms with Crippen molar-refractivity contribution in [2.24, 2.45) is 15.0 Å². The average molecular weight is 1210 g/mol. The molecule has 0 fully saturated rings. The zero-order valence-corrected chi connectivity index (χ0v) is 45.4. The maximum Gasteiger partial charge on any atom is 1.00 e. The van der Waals surface area contributed by atoms with Gasteiger partial charge in [0.2, 0.25) is 0 Å². The number of quaternary nitrogens is 1. The number of unbranched alkanes of at least 4 members (excludes halogenated alkanes) is 4. The van der Waals surface area contributed by atoms with Crippen LogP contribution in [0.4, 0.5) is 35.7 Å². The van der Waals surface area contributed by atoms with Crippen LogP contribution < -0.4 is 0 Å². The van der Waals surface area contributed by atoms with Gasteiger partial charge in [-0.05, 0) is 99.3 Å². The summed E-state index contributed by atoms with van der Waals surface area (Å²) in [6, 6.07) is 10.3. The maximum absolute atomic E-state index is 7.13. The van der Waals surface area contributed by atoms with Crippen molar-refractivity contribution >= 4 is 89.5 Å². The van der Waals surface area contributed by atoms with Crippen LogP contribution in [0.2, 0.25) is 0 Å². The first-order chi connectivity index (χ1) is 33.4. The van der Waals surface area contributed by atoms with Crippen LogP contribution in [0.1, 0.15) is 79.1 Å². The Kier molecular flexibility index (Phi) is 54.1. The number of aromatic nitrogens is 12. The molecule has 0 aliphatic carbocycles. The van der Waals surface area contributed by atoms with Gasteiger partial charge < -0.3 is 76.1 Å². The van der Waals surface area contributed by atoms with Gasteiger partial charge in [-0.3, -0.25) is 0 Å². The van der Waals surface area contributed by atoms with Crippen molar-refractivity contribution in [3.05, 3.63) is 138 Å². The number of aliphatic imine (C=N–C) groups is 3. The molecule has 0 amide bonds. The first-order valence-electron chi connectivity index (χ1n) is 21.6. The van der Waals surface area contributed by atoms with Gasteiger partial charge in [-0.25, -0.2) is 29.9 Å². The molecule has 0 bridgehead atoms. The van der Waals surface area contributed by atoms with E-state index in [-0.39, 0.29) is 68.3 Å². The summed E-state index contributed by atoms with van der Waals surface area (Å²) in [6.45, 7) is 15.0. The summed E-state index contributed by atoms with van der Waals surface area (Å²) in [6.07, 6.45) is 34.4. The molecule has 398 valence electrons. The van der Waals surface area contributed by atoms with Crippen LogP contribution in [-0.4, -0.2) is 120 Å². The summed E-state index contributed by atoms with van der Waals surface area (Å²) >= 11 is 7.40.